The maximum atomic E-state index is 11.1. The summed E-state index contributed by atoms with van der Waals surface area (Å²) in [6, 6.07) is 2.68. The lowest BCUT2D eigenvalue weighted by atomic mass is 10.1. The zero-order chi connectivity index (χ0) is 14.4. The van der Waals surface area contributed by atoms with Crippen LogP contribution in [-0.2, 0) is 4.79 Å². The minimum Gasteiger partial charge on any atom is -0.493 e. The topological polar surface area (TPSA) is 93.1 Å². The molecule has 0 bridgehead atoms. The van der Waals surface area contributed by atoms with Crippen molar-refractivity contribution in [3.8, 4) is 23.3 Å². The summed E-state index contributed by atoms with van der Waals surface area (Å²) in [7, 11) is 2.80. The third-order valence-corrected chi connectivity index (χ3v) is 2.22. The van der Waals surface area contributed by atoms with E-state index in [1.165, 1.54) is 26.4 Å². The van der Waals surface area contributed by atoms with Crippen LogP contribution in [-0.4, -0.2) is 36.4 Å². The molecule has 0 aromatic heterocycles. The van der Waals surface area contributed by atoms with E-state index in [4.69, 9.17) is 19.7 Å². The highest BCUT2D eigenvalue weighted by Crippen LogP contribution is 2.30. The molecule has 1 rings (SSSR count). The number of methoxy groups -OCH3 is 2. The Balaban J connectivity index is 3.30. The number of carboxylic acids is 2. The van der Waals surface area contributed by atoms with Crippen LogP contribution in [0, 0.1) is 11.8 Å². The average Bonchev–Trinajstić information content (AvgIpc) is 2.37. The third kappa shape index (κ3) is 3.64. The van der Waals surface area contributed by atoms with Crippen LogP contribution in [0.15, 0.2) is 12.1 Å². The van der Waals surface area contributed by atoms with Gasteiger partial charge in [0.1, 0.15) is 6.42 Å². The summed E-state index contributed by atoms with van der Waals surface area (Å²) in [5.74, 6) is 3.22. The predicted octanol–water partition coefficient (Wildman–Crippen LogP) is 1.23. The number of carbonyl (C=O) groups is 2. The molecule has 0 aliphatic rings. The Morgan fingerprint density at radius 3 is 2.21 bits per heavy atom. The van der Waals surface area contributed by atoms with Gasteiger partial charge in [0.2, 0.25) is 0 Å². The number of hydrogen-bond donors (Lipinski definition) is 2. The van der Waals surface area contributed by atoms with Crippen LogP contribution in [0.25, 0.3) is 0 Å². The zero-order valence-corrected chi connectivity index (χ0v) is 10.4. The van der Waals surface area contributed by atoms with Crippen molar-refractivity contribution in [2.45, 2.75) is 6.42 Å². The van der Waals surface area contributed by atoms with E-state index in [2.05, 4.69) is 11.8 Å². The molecule has 1 aromatic carbocycles. The van der Waals surface area contributed by atoms with E-state index in [9.17, 15) is 9.59 Å². The molecule has 0 aliphatic carbocycles. The summed E-state index contributed by atoms with van der Waals surface area (Å²) >= 11 is 0. The first kappa shape index (κ1) is 14.4. The van der Waals surface area contributed by atoms with Crippen molar-refractivity contribution in [3.63, 3.8) is 0 Å². The second kappa shape index (κ2) is 6.31. The first-order valence-electron chi connectivity index (χ1n) is 5.19. The van der Waals surface area contributed by atoms with Crippen molar-refractivity contribution in [1.29, 1.82) is 0 Å². The Morgan fingerprint density at radius 2 is 1.74 bits per heavy atom. The summed E-state index contributed by atoms with van der Waals surface area (Å²) in [5, 5.41) is 17.6. The minimum atomic E-state index is -1.18. The Morgan fingerprint density at radius 1 is 1.16 bits per heavy atom. The Bertz CT molecular complexity index is 564. The smallest absolute Gasteiger partial charge is 0.337 e. The summed E-state index contributed by atoms with van der Waals surface area (Å²) in [5.41, 5.74) is 0.0990. The number of carboxylic acid groups (broad SMARTS) is 2. The number of hydrogen-bond acceptors (Lipinski definition) is 4. The van der Waals surface area contributed by atoms with Crippen molar-refractivity contribution in [1.82, 2.24) is 0 Å². The predicted molar refractivity (Wildman–Crippen MR) is 65.6 cm³/mol. The summed E-state index contributed by atoms with van der Waals surface area (Å²) in [4.78, 5) is 21.5. The molecule has 0 heterocycles. The van der Waals surface area contributed by atoms with E-state index in [-0.39, 0.29) is 23.3 Å². The van der Waals surface area contributed by atoms with Gasteiger partial charge in [-0.2, -0.15) is 0 Å². The Kier molecular flexibility index (Phi) is 4.77. The van der Waals surface area contributed by atoms with E-state index >= 15 is 0 Å². The minimum absolute atomic E-state index is 0.0736. The first-order valence-corrected chi connectivity index (χ1v) is 5.19. The van der Waals surface area contributed by atoms with Crippen molar-refractivity contribution in [2.24, 2.45) is 0 Å². The molecule has 100 valence electrons. The number of benzene rings is 1. The number of rotatable bonds is 4. The van der Waals surface area contributed by atoms with Crippen LogP contribution < -0.4 is 9.47 Å². The zero-order valence-electron chi connectivity index (χ0n) is 10.4. The quantitative estimate of drug-likeness (QED) is 0.794. The fourth-order valence-electron chi connectivity index (χ4n) is 1.37. The Labute approximate surface area is 109 Å². The van der Waals surface area contributed by atoms with Crippen molar-refractivity contribution >= 4 is 11.9 Å². The van der Waals surface area contributed by atoms with Crippen molar-refractivity contribution in [3.05, 3.63) is 23.3 Å². The lowest BCUT2D eigenvalue weighted by Gasteiger charge is -2.09. The molecule has 0 atom stereocenters. The number of aromatic carboxylic acids is 1. The van der Waals surface area contributed by atoms with Crippen LogP contribution >= 0.6 is 0 Å². The standard InChI is InChI=1S/C13H12O6/c1-18-10-6-8(4-3-5-12(14)15)9(13(16)17)7-11(10)19-2/h6-7H,5H2,1-2H3,(H,14,15)(H,16,17). The molecule has 0 saturated carbocycles. The Hall–Kier alpha value is -2.68. The maximum Gasteiger partial charge on any atom is 0.337 e. The fourth-order valence-corrected chi connectivity index (χ4v) is 1.37. The molecule has 0 aliphatic heterocycles. The normalized spacial score (nSPS) is 9.16. The fraction of sp³-hybridized carbons (Fsp3) is 0.231. The molecular weight excluding hydrogens is 252 g/mol. The highest BCUT2D eigenvalue weighted by molar-refractivity contribution is 5.92. The number of aliphatic carboxylic acids is 1. The van der Waals surface area contributed by atoms with Gasteiger partial charge in [-0.3, -0.25) is 4.79 Å². The molecule has 0 unspecified atom stereocenters. The molecule has 19 heavy (non-hydrogen) atoms. The van der Waals surface area contributed by atoms with Crippen LogP contribution in [0.3, 0.4) is 0 Å². The van der Waals surface area contributed by atoms with E-state index < -0.39 is 11.9 Å². The molecular formula is C13H12O6. The highest BCUT2D eigenvalue weighted by Gasteiger charge is 2.14. The van der Waals surface area contributed by atoms with Gasteiger partial charge in [0, 0.05) is 11.6 Å². The van der Waals surface area contributed by atoms with E-state index in [1.807, 2.05) is 0 Å². The summed E-state index contributed by atoms with van der Waals surface area (Å²) in [6.07, 6.45) is -0.368. The third-order valence-electron chi connectivity index (χ3n) is 2.22. The van der Waals surface area contributed by atoms with Crippen molar-refractivity contribution < 1.29 is 29.3 Å². The van der Waals surface area contributed by atoms with Gasteiger partial charge in [-0.05, 0) is 6.07 Å². The SMILES string of the molecule is COc1cc(C#CCC(=O)O)c(C(=O)O)cc1OC. The van der Waals surface area contributed by atoms with Gasteiger partial charge in [0.15, 0.2) is 11.5 Å². The average molecular weight is 264 g/mol. The lowest BCUT2D eigenvalue weighted by molar-refractivity contribution is -0.135. The van der Waals surface area contributed by atoms with Gasteiger partial charge in [0.25, 0.3) is 0 Å². The van der Waals surface area contributed by atoms with Gasteiger partial charge in [0.05, 0.1) is 19.8 Å². The molecule has 6 heteroatoms. The second-order valence-corrected chi connectivity index (χ2v) is 3.43. The molecule has 6 nitrogen and oxygen atoms in total. The summed E-state index contributed by atoms with van der Waals surface area (Å²) in [6.45, 7) is 0. The maximum absolute atomic E-state index is 11.1. The molecule has 0 spiro atoms. The first-order chi connectivity index (χ1) is 8.99. The van der Waals surface area contributed by atoms with Crippen LogP contribution in [0.4, 0.5) is 0 Å². The molecule has 1 aromatic rings. The largest absolute Gasteiger partial charge is 0.493 e. The van der Waals surface area contributed by atoms with E-state index in [0.717, 1.165) is 0 Å². The molecule has 0 amide bonds. The second-order valence-electron chi connectivity index (χ2n) is 3.43. The van der Waals surface area contributed by atoms with Gasteiger partial charge >= 0.3 is 11.9 Å². The van der Waals surface area contributed by atoms with Gasteiger partial charge < -0.3 is 19.7 Å². The van der Waals surface area contributed by atoms with Gasteiger partial charge in [-0.15, -0.1) is 0 Å². The molecule has 0 radical (unpaired) electrons. The van der Waals surface area contributed by atoms with E-state index in [0.29, 0.717) is 5.75 Å². The van der Waals surface area contributed by atoms with Crippen LogP contribution in [0.1, 0.15) is 22.3 Å². The molecule has 0 saturated heterocycles. The molecule has 0 fully saturated rings. The highest BCUT2D eigenvalue weighted by atomic mass is 16.5. The summed E-state index contributed by atoms with van der Waals surface area (Å²) < 4.78 is 10.0. The lowest BCUT2D eigenvalue weighted by Crippen LogP contribution is -2.03. The van der Waals surface area contributed by atoms with Crippen LogP contribution in [0.5, 0.6) is 11.5 Å². The van der Waals surface area contributed by atoms with Gasteiger partial charge in [-0.1, -0.05) is 11.8 Å². The van der Waals surface area contributed by atoms with Crippen LogP contribution in [0.2, 0.25) is 0 Å². The van der Waals surface area contributed by atoms with E-state index in [1.54, 1.807) is 0 Å². The van der Waals surface area contributed by atoms with Crippen molar-refractivity contribution in [2.75, 3.05) is 14.2 Å². The number of ether oxygens (including phenoxy) is 2. The molecule has 2 N–H and O–H groups in total. The monoisotopic (exact) mass is 264 g/mol. The van der Waals surface area contributed by atoms with Gasteiger partial charge in [-0.25, -0.2) is 4.79 Å².